The van der Waals surface area contributed by atoms with Crippen LogP contribution in [0.5, 0.6) is 0 Å². The first-order valence-corrected chi connectivity index (χ1v) is 11.7. The Kier molecular flexibility index (Phi) is 4.63. The van der Waals surface area contributed by atoms with Crippen molar-refractivity contribution in [3.05, 3.63) is 70.9 Å². The van der Waals surface area contributed by atoms with Gasteiger partial charge in [0.25, 0.3) is 0 Å². The van der Waals surface area contributed by atoms with Crippen LogP contribution >= 0.6 is 11.3 Å². The number of aromatic nitrogens is 2. The van der Waals surface area contributed by atoms with E-state index >= 15 is 0 Å². The van der Waals surface area contributed by atoms with Crippen molar-refractivity contribution in [2.75, 3.05) is 0 Å². The standard InChI is InChI=1S/C28H28N2S/c1-16-11-17(2)13-21(12-16)25-27-24(18(3)29-30-25)23-10-8-20-14-19(15-28(4,5)6)7-9-22(20)26(23)31-27/h7-14H,15H2,1-6H3. The molecule has 0 aliphatic carbocycles. The van der Waals surface area contributed by atoms with Gasteiger partial charge in [0.15, 0.2) is 0 Å². The van der Waals surface area contributed by atoms with Crippen molar-refractivity contribution < 1.29 is 0 Å². The lowest BCUT2D eigenvalue weighted by atomic mass is 9.87. The van der Waals surface area contributed by atoms with Crippen LogP contribution in [0.1, 0.15) is 43.2 Å². The van der Waals surface area contributed by atoms with E-state index in [4.69, 9.17) is 0 Å². The van der Waals surface area contributed by atoms with Gasteiger partial charge in [-0.1, -0.05) is 68.3 Å². The van der Waals surface area contributed by atoms with Gasteiger partial charge in [0.1, 0.15) is 5.69 Å². The van der Waals surface area contributed by atoms with E-state index in [2.05, 4.69) is 100 Å². The van der Waals surface area contributed by atoms with Crippen molar-refractivity contribution in [1.82, 2.24) is 10.2 Å². The normalized spacial score (nSPS) is 12.3. The molecule has 0 saturated carbocycles. The number of fused-ring (bicyclic) bond motifs is 5. The highest BCUT2D eigenvalue weighted by atomic mass is 32.1. The van der Waals surface area contributed by atoms with E-state index in [1.165, 1.54) is 47.6 Å². The van der Waals surface area contributed by atoms with Crippen molar-refractivity contribution in [2.45, 2.75) is 48.0 Å². The lowest BCUT2D eigenvalue weighted by Crippen LogP contribution is -2.08. The Morgan fingerprint density at radius 1 is 0.774 bits per heavy atom. The number of benzene rings is 3. The monoisotopic (exact) mass is 424 g/mol. The van der Waals surface area contributed by atoms with Crippen molar-refractivity contribution in [1.29, 1.82) is 0 Å². The van der Waals surface area contributed by atoms with E-state index in [-0.39, 0.29) is 5.41 Å². The number of thiophene rings is 1. The Labute approximate surface area is 188 Å². The highest BCUT2D eigenvalue weighted by Gasteiger charge is 2.18. The molecule has 0 bridgehead atoms. The second-order valence-corrected chi connectivity index (χ2v) is 11.1. The number of aryl methyl sites for hydroxylation is 3. The molecule has 3 aromatic carbocycles. The van der Waals surface area contributed by atoms with E-state index in [9.17, 15) is 0 Å². The molecule has 0 unspecified atom stereocenters. The molecule has 0 amide bonds. The van der Waals surface area contributed by atoms with Crippen LogP contribution < -0.4 is 0 Å². The first-order chi connectivity index (χ1) is 14.7. The summed E-state index contributed by atoms with van der Waals surface area (Å²) in [6, 6.07) is 18.1. The molecule has 0 fully saturated rings. The van der Waals surface area contributed by atoms with Gasteiger partial charge in [0.05, 0.1) is 10.4 Å². The molecule has 0 spiro atoms. The fourth-order valence-electron chi connectivity index (χ4n) is 4.70. The summed E-state index contributed by atoms with van der Waals surface area (Å²) < 4.78 is 2.57. The maximum Gasteiger partial charge on any atom is 0.111 e. The third-order valence-electron chi connectivity index (χ3n) is 5.84. The molecule has 0 saturated heterocycles. The molecule has 0 aliphatic rings. The summed E-state index contributed by atoms with van der Waals surface area (Å²) in [4.78, 5) is 0. The molecular weight excluding hydrogens is 396 g/mol. The lowest BCUT2D eigenvalue weighted by Gasteiger charge is -2.18. The molecule has 0 radical (unpaired) electrons. The zero-order valence-corrected chi connectivity index (χ0v) is 19.9. The van der Waals surface area contributed by atoms with Gasteiger partial charge in [0.2, 0.25) is 0 Å². The molecule has 0 N–H and O–H groups in total. The Hall–Kier alpha value is -2.78. The van der Waals surface area contributed by atoms with Crippen LogP contribution in [-0.4, -0.2) is 10.2 Å². The van der Waals surface area contributed by atoms with Crippen molar-refractivity contribution in [3.63, 3.8) is 0 Å². The van der Waals surface area contributed by atoms with Crippen LogP contribution in [0.4, 0.5) is 0 Å². The minimum atomic E-state index is 0.282. The molecule has 2 aromatic heterocycles. The highest BCUT2D eigenvalue weighted by Crippen LogP contribution is 2.43. The van der Waals surface area contributed by atoms with Gasteiger partial charge in [-0.25, -0.2) is 0 Å². The zero-order chi connectivity index (χ0) is 21.9. The van der Waals surface area contributed by atoms with Crippen LogP contribution in [0.2, 0.25) is 0 Å². The lowest BCUT2D eigenvalue weighted by molar-refractivity contribution is 0.411. The van der Waals surface area contributed by atoms with Crippen molar-refractivity contribution in [3.8, 4) is 11.3 Å². The Morgan fingerprint density at radius 3 is 2.19 bits per heavy atom. The van der Waals surface area contributed by atoms with Gasteiger partial charge in [-0.15, -0.1) is 16.4 Å². The number of hydrogen-bond acceptors (Lipinski definition) is 3. The van der Waals surface area contributed by atoms with Gasteiger partial charge in [-0.05, 0) is 61.1 Å². The van der Waals surface area contributed by atoms with Gasteiger partial charge in [0, 0.05) is 21.0 Å². The van der Waals surface area contributed by atoms with Crippen molar-refractivity contribution in [2.24, 2.45) is 5.41 Å². The van der Waals surface area contributed by atoms with Crippen molar-refractivity contribution >= 4 is 42.3 Å². The summed E-state index contributed by atoms with van der Waals surface area (Å²) in [5, 5.41) is 14.4. The predicted octanol–water partition coefficient (Wildman–Crippen LogP) is 8.18. The molecule has 3 heteroatoms. The van der Waals surface area contributed by atoms with Crippen LogP contribution in [0.3, 0.4) is 0 Å². The average molecular weight is 425 g/mol. The van der Waals surface area contributed by atoms with Crippen LogP contribution in [0.25, 0.3) is 42.2 Å². The van der Waals surface area contributed by atoms with Crippen LogP contribution in [0, 0.1) is 26.2 Å². The van der Waals surface area contributed by atoms with Gasteiger partial charge in [-0.2, -0.15) is 5.10 Å². The second-order valence-electron chi connectivity index (χ2n) is 10.1. The third kappa shape index (κ3) is 3.61. The van der Waals surface area contributed by atoms with Gasteiger partial charge >= 0.3 is 0 Å². The van der Waals surface area contributed by atoms with E-state index in [0.717, 1.165) is 23.4 Å². The largest absolute Gasteiger partial charge is 0.155 e. The molecule has 5 rings (SSSR count). The fraction of sp³-hybridized carbons (Fsp3) is 0.286. The third-order valence-corrected chi connectivity index (χ3v) is 7.09. The van der Waals surface area contributed by atoms with Gasteiger partial charge in [-0.3, -0.25) is 0 Å². The van der Waals surface area contributed by atoms with Crippen LogP contribution in [0.15, 0.2) is 48.5 Å². The zero-order valence-electron chi connectivity index (χ0n) is 19.1. The van der Waals surface area contributed by atoms with Gasteiger partial charge < -0.3 is 0 Å². The maximum absolute atomic E-state index is 4.65. The summed E-state index contributed by atoms with van der Waals surface area (Å²) >= 11 is 1.86. The molecule has 31 heavy (non-hydrogen) atoms. The van der Waals surface area contributed by atoms with E-state index in [0.29, 0.717) is 0 Å². The van der Waals surface area contributed by atoms with E-state index in [1.807, 2.05) is 11.3 Å². The predicted molar refractivity (Wildman–Crippen MR) is 135 cm³/mol. The summed E-state index contributed by atoms with van der Waals surface area (Å²) in [5.74, 6) is 0. The summed E-state index contributed by atoms with van der Waals surface area (Å²) in [6.45, 7) is 13.2. The van der Waals surface area contributed by atoms with Crippen LogP contribution in [-0.2, 0) is 6.42 Å². The molecule has 0 atom stereocenters. The molecule has 0 aliphatic heterocycles. The molecule has 2 nitrogen and oxygen atoms in total. The summed E-state index contributed by atoms with van der Waals surface area (Å²) in [5.41, 5.74) is 7.33. The Bertz CT molecular complexity index is 1450. The topological polar surface area (TPSA) is 25.8 Å². The summed E-state index contributed by atoms with van der Waals surface area (Å²) in [6.07, 6.45) is 1.08. The average Bonchev–Trinajstić information content (AvgIpc) is 3.06. The molecular formula is C28H28N2S. The number of nitrogens with zero attached hydrogens (tertiary/aromatic N) is 2. The maximum atomic E-state index is 4.65. The summed E-state index contributed by atoms with van der Waals surface area (Å²) in [7, 11) is 0. The second kappa shape index (κ2) is 7.13. The fourth-order valence-corrected chi connectivity index (χ4v) is 6.10. The highest BCUT2D eigenvalue weighted by molar-refractivity contribution is 7.27. The first kappa shape index (κ1) is 20.1. The first-order valence-electron chi connectivity index (χ1n) is 10.9. The number of hydrogen-bond donors (Lipinski definition) is 0. The minimum absolute atomic E-state index is 0.282. The van der Waals surface area contributed by atoms with E-state index in [1.54, 1.807) is 0 Å². The molecule has 2 heterocycles. The quantitative estimate of drug-likeness (QED) is 0.285. The SMILES string of the molecule is Cc1cc(C)cc(-c2nnc(C)c3c2sc2c4ccc(CC(C)(C)C)cc4ccc23)c1. The Balaban J connectivity index is 1.78. The smallest absolute Gasteiger partial charge is 0.111 e. The molecule has 156 valence electrons. The van der Waals surface area contributed by atoms with E-state index < -0.39 is 0 Å². The Morgan fingerprint density at radius 2 is 1.48 bits per heavy atom. The molecule has 5 aromatic rings. The number of rotatable bonds is 2. The minimum Gasteiger partial charge on any atom is -0.155 e.